The predicted octanol–water partition coefficient (Wildman–Crippen LogP) is 5.55. The minimum atomic E-state index is -4.76. The molecule has 4 nitrogen and oxygen atoms in total. The number of amides is 1. The molecule has 1 amide bonds. The molecule has 0 radical (unpaired) electrons. The second-order valence-electron chi connectivity index (χ2n) is 9.43. The lowest BCUT2D eigenvalue weighted by Gasteiger charge is -2.53. The molecule has 7 heteroatoms. The first-order valence-corrected chi connectivity index (χ1v) is 11.7. The minimum Gasteiger partial charge on any atom is -0.497 e. The number of nitrogens with zero attached hydrogens (tertiary/aromatic N) is 1. The van der Waals surface area contributed by atoms with Crippen LogP contribution in [0, 0.1) is 5.92 Å². The molecule has 1 aliphatic heterocycles. The smallest absolute Gasteiger partial charge is 0.421 e. The molecule has 2 fully saturated rings. The van der Waals surface area contributed by atoms with Crippen LogP contribution in [-0.2, 0) is 10.2 Å². The maximum atomic E-state index is 13.8. The molecule has 1 N–H and O–H groups in total. The lowest BCUT2D eigenvalue weighted by Crippen LogP contribution is -2.60. The number of fused-ring (bicyclic) bond motifs is 1. The van der Waals surface area contributed by atoms with Crippen LogP contribution in [-0.4, -0.2) is 43.9 Å². The summed E-state index contributed by atoms with van der Waals surface area (Å²) in [6, 6.07) is 16.1. The second kappa shape index (κ2) is 9.82. The Balaban J connectivity index is 1.63. The van der Waals surface area contributed by atoms with Crippen molar-refractivity contribution < 1.29 is 22.7 Å². The molecule has 1 aliphatic carbocycles. The third-order valence-corrected chi connectivity index (χ3v) is 7.41. The number of carbonyl (C=O) groups is 1. The van der Waals surface area contributed by atoms with Gasteiger partial charge in [-0.1, -0.05) is 55.3 Å². The van der Waals surface area contributed by atoms with Crippen LogP contribution in [0.15, 0.2) is 60.2 Å². The molecule has 0 aromatic heterocycles. The Hall–Kier alpha value is -2.80. The Morgan fingerprint density at radius 3 is 2.62 bits per heavy atom. The van der Waals surface area contributed by atoms with Gasteiger partial charge in [0.15, 0.2) is 0 Å². The van der Waals surface area contributed by atoms with E-state index >= 15 is 0 Å². The van der Waals surface area contributed by atoms with Crippen molar-refractivity contribution in [3.05, 3.63) is 71.3 Å². The van der Waals surface area contributed by atoms with Gasteiger partial charge in [0, 0.05) is 12.0 Å². The Labute approximate surface area is 198 Å². The van der Waals surface area contributed by atoms with Gasteiger partial charge in [-0.15, -0.1) is 0 Å². The Bertz CT molecular complexity index is 1040. The van der Waals surface area contributed by atoms with E-state index in [1.165, 1.54) is 0 Å². The zero-order valence-electron chi connectivity index (χ0n) is 19.6. The normalized spacial score (nSPS) is 26.0. The van der Waals surface area contributed by atoms with Gasteiger partial charge in [0.1, 0.15) is 11.3 Å². The van der Waals surface area contributed by atoms with Gasteiger partial charge in [0.25, 0.3) is 5.91 Å². The summed E-state index contributed by atoms with van der Waals surface area (Å²) >= 11 is 0. The maximum absolute atomic E-state index is 13.8. The van der Waals surface area contributed by atoms with Gasteiger partial charge < -0.3 is 10.1 Å². The van der Waals surface area contributed by atoms with Crippen LogP contribution >= 0.6 is 0 Å². The molecule has 182 valence electrons. The Kier molecular flexibility index (Phi) is 7.03. The lowest BCUT2D eigenvalue weighted by molar-refractivity contribution is -0.133. The largest absolute Gasteiger partial charge is 0.497 e. The van der Waals surface area contributed by atoms with Crippen molar-refractivity contribution in [3.8, 4) is 5.75 Å². The van der Waals surface area contributed by atoms with E-state index in [9.17, 15) is 18.0 Å². The fourth-order valence-corrected chi connectivity index (χ4v) is 5.64. The molecule has 1 saturated heterocycles. The number of halogens is 3. The van der Waals surface area contributed by atoms with Crippen LogP contribution in [0.5, 0.6) is 5.75 Å². The minimum absolute atomic E-state index is 0.210. The number of rotatable bonds is 5. The summed E-state index contributed by atoms with van der Waals surface area (Å²) in [5, 5.41) is 2.72. The number of alkyl halides is 3. The molecular weight excluding hydrogens is 441 g/mol. The highest BCUT2D eigenvalue weighted by Crippen LogP contribution is 2.50. The molecule has 1 saturated carbocycles. The molecule has 2 aromatic rings. The number of hydrogen-bond acceptors (Lipinski definition) is 3. The predicted molar refractivity (Wildman–Crippen MR) is 126 cm³/mol. The van der Waals surface area contributed by atoms with E-state index < -0.39 is 23.8 Å². The quantitative estimate of drug-likeness (QED) is 0.581. The number of ether oxygens (including phenoxy) is 1. The topological polar surface area (TPSA) is 41.6 Å². The van der Waals surface area contributed by atoms with E-state index in [-0.39, 0.29) is 5.41 Å². The van der Waals surface area contributed by atoms with E-state index in [1.54, 1.807) is 37.4 Å². The Morgan fingerprint density at radius 2 is 1.91 bits per heavy atom. The van der Waals surface area contributed by atoms with Gasteiger partial charge in [0.2, 0.25) is 0 Å². The summed E-state index contributed by atoms with van der Waals surface area (Å²) < 4.78 is 47.0. The van der Waals surface area contributed by atoms with E-state index in [4.69, 9.17) is 4.74 Å². The van der Waals surface area contributed by atoms with Crippen LogP contribution < -0.4 is 10.1 Å². The van der Waals surface area contributed by atoms with E-state index in [1.807, 2.05) is 30.1 Å². The van der Waals surface area contributed by atoms with Crippen molar-refractivity contribution in [2.75, 3.05) is 20.7 Å². The molecular formula is C27H31F3N2O2. The van der Waals surface area contributed by atoms with Gasteiger partial charge >= 0.3 is 6.18 Å². The van der Waals surface area contributed by atoms with Crippen LogP contribution in [0.4, 0.5) is 13.2 Å². The summed E-state index contributed by atoms with van der Waals surface area (Å²) in [7, 11) is 3.51. The number of nitrogens with one attached hydrogen (secondary N) is 1. The summed E-state index contributed by atoms with van der Waals surface area (Å²) in [6.07, 6.45) is 0.406. The number of hydrogen-bond donors (Lipinski definition) is 1. The van der Waals surface area contributed by atoms with Gasteiger partial charge in [0.05, 0.1) is 13.3 Å². The van der Waals surface area contributed by atoms with Crippen molar-refractivity contribution >= 4 is 12.0 Å². The highest BCUT2D eigenvalue weighted by molar-refractivity contribution is 5.99. The number of benzene rings is 2. The molecule has 1 unspecified atom stereocenters. The van der Waals surface area contributed by atoms with Crippen molar-refractivity contribution in [3.63, 3.8) is 0 Å². The van der Waals surface area contributed by atoms with E-state index in [2.05, 4.69) is 11.4 Å². The van der Waals surface area contributed by atoms with Crippen LogP contribution in [0.25, 0.3) is 6.08 Å². The molecule has 4 rings (SSSR count). The standard InChI is InChI=1S/C27H31F3N2O2/c1-32-18-21-11-6-7-14-26(21,20-12-8-13-22(16-20)34-2)17-24(32)31-25(33)23(27(28,29)30)15-19-9-4-3-5-10-19/h3-5,8-10,12-13,15-16,21,24H,6-7,11,14,17-18H2,1-2H3,(H,31,33)/t21?,24-,26-/m0/s1. The fourth-order valence-electron chi connectivity index (χ4n) is 5.64. The molecule has 1 heterocycles. The third kappa shape index (κ3) is 4.99. The van der Waals surface area contributed by atoms with Crippen LogP contribution in [0.2, 0.25) is 0 Å². The summed E-state index contributed by atoms with van der Waals surface area (Å²) in [4.78, 5) is 15.0. The molecule has 0 bridgehead atoms. The monoisotopic (exact) mass is 472 g/mol. The van der Waals surface area contributed by atoms with Gasteiger partial charge in [-0.25, -0.2) is 0 Å². The van der Waals surface area contributed by atoms with Crippen molar-refractivity contribution in [1.29, 1.82) is 0 Å². The van der Waals surface area contributed by atoms with Crippen molar-refractivity contribution in [2.24, 2.45) is 5.92 Å². The number of carbonyl (C=O) groups excluding carboxylic acids is 1. The fraction of sp³-hybridized carbons (Fsp3) is 0.444. The number of likely N-dealkylation sites (tertiary alicyclic amines) is 1. The molecule has 2 aliphatic rings. The summed E-state index contributed by atoms with van der Waals surface area (Å²) in [5.41, 5.74) is 0.0777. The Morgan fingerprint density at radius 1 is 1.15 bits per heavy atom. The van der Waals surface area contributed by atoms with Gasteiger partial charge in [-0.3, -0.25) is 9.69 Å². The lowest BCUT2D eigenvalue weighted by atomic mass is 9.58. The second-order valence-corrected chi connectivity index (χ2v) is 9.43. The first kappa shape index (κ1) is 24.3. The molecule has 0 spiro atoms. The third-order valence-electron chi connectivity index (χ3n) is 7.41. The van der Waals surface area contributed by atoms with Gasteiger partial charge in [-0.05, 0) is 61.6 Å². The maximum Gasteiger partial charge on any atom is 0.421 e. The first-order chi connectivity index (χ1) is 16.2. The highest BCUT2D eigenvalue weighted by atomic mass is 19.4. The SMILES string of the molecule is COc1cccc([C@@]23CCCCC2CN(C)[C@H](NC(=O)C(=Cc2ccccc2)C(F)(F)F)C3)c1. The average Bonchev–Trinajstić information content (AvgIpc) is 2.83. The van der Waals surface area contributed by atoms with E-state index in [0.29, 0.717) is 24.4 Å². The highest BCUT2D eigenvalue weighted by Gasteiger charge is 2.49. The summed E-state index contributed by atoms with van der Waals surface area (Å²) in [5.74, 6) is 0.0394. The van der Waals surface area contributed by atoms with Crippen LogP contribution in [0.3, 0.4) is 0 Å². The molecule has 2 aromatic carbocycles. The van der Waals surface area contributed by atoms with Gasteiger partial charge in [-0.2, -0.15) is 13.2 Å². The first-order valence-electron chi connectivity index (χ1n) is 11.7. The zero-order chi connectivity index (χ0) is 24.3. The van der Waals surface area contributed by atoms with Crippen molar-refractivity contribution in [2.45, 2.75) is 49.9 Å². The zero-order valence-corrected chi connectivity index (χ0v) is 19.6. The molecule has 3 atom stereocenters. The number of piperidine rings is 1. The van der Waals surface area contributed by atoms with E-state index in [0.717, 1.165) is 43.1 Å². The summed E-state index contributed by atoms with van der Waals surface area (Å²) in [6.45, 7) is 0.714. The van der Waals surface area contributed by atoms with Crippen molar-refractivity contribution in [1.82, 2.24) is 10.2 Å². The average molecular weight is 473 g/mol. The van der Waals surface area contributed by atoms with Crippen LogP contribution in [0.1, 0.15) is 43.2 Å². The molecule has 34 heavy (non-hydrogen) atoms. The number of methoxy groups -OCH3 is 1.